The van der Waals surface area contributed by atoms with Crippen LogP contribution in [0.1, 0.15) is 37.1 Å². The molecule has 0 bridgehead atoms. The van der Waals surface area contributed by atoms with Gasteiger partial charge in [-0.1, -0.05) is 29.4 Å². The van der Waals surface area contributed by atoms with Gasteiger partial charge in [0.05, 0.1) is 16.3 Å². The van der Waals surface area contributed by atoms with Crippen molar-refractivity contribution in [1.29, 1.82) is 0 Å². The Labute approximate surface area is 175 Å². The number of rotatable bonds is 4. The number of hydrogen-bond acceptors (Lipinski definition) is 5. The first-order chi connectivity index (χ1) is 13.5. The maximum atomic E-state index is 14.7. The zero-order valence-corrected chi connectivity index (χ0v) is 17.2. The van der Waals surface area contributed by atoms with Crippen LogP contribution in [-0.4, -0.2) is 26.0 Å². The molecular weight excluding hydrogens is 420 g/mol. The molecule has 152 valence electrons. The normalized spacial score (nSPS) is 24.9. The number of pyridine rings is 1. The first-order valence-corrected chi connectivity index (χ1v) is 9.79. The van der Waals surface area contributed by atoms with Crippen LogP contribution in [0.4, 0.5) is 8.78 Å². The van der Waals surface area contributed by atoms with Gasteiger partial charge in [-0.3, -0.25) is 14.8 Å². The van der Waals surface area contributed by atoms with Crippen molar-refractivity contribution < 1.29 is 18.7 Å². The topological polar surface area (TPSA) is 88.6 Å². The monoisotopic (exact) mass is 437 g/mol. The molecule has 1 aliphatic heterocycles. The van der Waals surface area contributed by atoms with Gasteiger partial charge in [-0.05, 0) is 49.8 Å². The Hall–Kier alpha value is -2.45. The number of nitrogens with two attached hydrogens (primary N) is 1. The van der Waals surface area contributed by atoms with Gasteiger partial charge in [-0.2, -0.15) is 0 Å². The maximum absolute atomic E-state index is 14.7. The molecule has 1 aliphatic rings. The third-order valence-corrected chi connectivity index (χ3v) is 5.95. The number of hydrogen-bond donors (Lipinski definition) is 2. The summed E-state index contributed by atoms with van der Waals surface area (Å²) in [7, 11) is 0. The molecule has 29 heavy (non-hydrogen) atoms. The van der Waals surface area contributed by atoms with Gasteiger partial charge in [-0.15, -0.1) is 0 Å². The van der Waals surface area contributed by atoms with Crippen molar-refractivity contribution in [2.45, 2.75) is 30.6 Å². The third kappa shape index (κ3) is 4.43. The maximum Gasteiger partial charge on any atom is 0.320 e. The van der Waals surface area contributed by atoms with E-state index in [1.54, 1.807) is 6.92 Å². The molecule has 2 unspecified atom stereocenters. The van der Waals surface area contributed by atoms with Crippen LogP contribution in [0, 0.1) is 5.82 Å². The molecule has 0 aliphatic carbocycles. The summed E-state index contributed by atoms with van der Waals surface area (Å²) in [5.74, 6) is -2.27. The molecule has 0 amide bonds. The van der Waals surface area contributed by atoms with E-state index in [1.165, 1.54) is 49.5 Å². The average molecular weight is 438 g/mol. The van der Waals surface area contributed by atoms with Crippen molar-refractivity contribution in [3.05, 3.63) is 64.2 Å². The second-order valence-corrected chi connectivity index (χ2v) is 9.09. The van der Waals surface area contributed by atoms with E-state index in [9.17, 15) is 18.7 Å². The van der Waals surface area contributed by atoms with E-state index in [0.717, 1.165) is 11.8 Å². The van der Waals surface area contributed by atoms with Gasteiger partial charge in [0.25, 0.3) is 0 Å². The van der Waals surface area contributed by atoms with Crippen LogP contribution in [0.2, 0.25) is 5.02 Å². The Kier molecular flexibility index (Phi) is 5.69. The van der Waals surface area contributed by atoms with Crippen molar-refractivity contribution >= 4 is 46.4 Å². The van der Waals surface area contributed by atoms with E-state index in [-0.39, 0.29) is 22.8 Å². The molecule has 0 saturated heterocycles. The molecule has 1 aromatic carbocycles. The third-order valence-electron chi connectivity index (χ3n) is 4.66. The number of thioether (sulfide) groups is 1. The number of nitrogens with zero attached hydrogens (tertiary/aromatic N) is 2. The van der Waals surface area contributed by atoms with Crippen molar-refractivity contribution in [2.75, 3.05) is 0 Å². The summed E-state index contributed by atoms with van der Waals surface area (Å²) in [5, 5.41) is 10.0. The summed E-state index contributed by atoms with van der Waals surface area (Å²) in [6.45, 7) is 3.14. The fraction of sp³-hybridized carbons (Fsp3) is 0.250. The van der Waals surface area contributed by atoms with Crippen LogP contribution in [-0.2, 0) is 10.3 Å². The summed E-state index contributed by atoms with van der Waals surface area (Å²) in [4.78, 5) is 20.0. The zero-order chi connectivity index (χ0) is 21.4. The quantitative estimate of drug-likeness (QED) is 0.713. The SMILES string of the molecule is CC1(C(=O)O)CC(C)(c2cc(/C=C(\F)c3ccc(Cl)cn3)ccc2F)N=C(N)S1. The first kappa shape index (κ1) is 21.3. The first-order valence-electron chi connectivity index (χ1n) is 8.59. The molecule has 0 saturated carbocycles. The number of carboxylic acid groups (broad SMARTS) is 1. The summed E-state index contributed by atoms with van der Waals surface area (Å²) in [6.07, 6.45) is 2.56. The predicted molar refractivity (Wildman–Crippen MR) is 112 cm³/mol. The Morgan fingerprint density at radius 3 is 2.69 bits per heavy atom. The Bertz CT molecular complexity index is 1030. The molecule has 2 heterocycles. The zero-order valence-electron chi connectivity index (χ0n) is 15.6. The number of carbonyl (C=O) groups is 1. The van der Waals surface area contributed by atoms with Crippen LogP contribution < -0.4 is 5.73 Å². The van der Waals surface area contributed by atoms with Crippen LogP contribution in [0.3, 0.4) is 0 Å². The van der Waals surface area contributed by atoms with Crippen LogP contribution >= 0.6 is 23.4 Å². The fourth-order valence-corrected chi connectivity index (χ4v) is 4.55. The second kappa shape index (κ2) is 7.76. The number of amidine groups is 1. The number of aromatic nitrogens is 1. The lowest BCUT2D eigenvalue weighted by Crippen LogP contribution is -2.45. The Morgan fingerprint density at radius 2 is 2.07 bits per heavy atom. The molecule has 1 aromatic heterocycles. The Morgan fingerprint density at radius 1 is 1.34 bits per heavy atom. The standard InChI is InChI=1S/C20H18ClF2N3O2S/c1-19(10-20(2,17(27)28)29-18(24)26-19)13-7-11(3-5-14(13)22)8-15(23)16-6-4-12(21)9-25-16/h3-9H,10H2,1-2H3,(H2,24,26)(H,27,28)/b15-8-. The highest BCUT2D eigenvalue weighted by Gasteiger charge is 2.47. The molecule has 0 spiro atoms. The summed E-state index contributed by atoms with van der Waals surface area (Å²) in [6, 6.07) is 7.00. The summed E-state index contributed by atoms with van der Waals surface area (Å²) < 4.78 is 28.0. The lowest BCUT2D eigenvalue weighted by Gasteiger charge is -2.38. The number of halogens is 3. The predicted octanol–water partition coefficient (Wildman–Crippen LogP) is 4.85. The molecule has 0 fully saturated rings. The van der Waals surface area contributed by atoms with Crippen molar-refractivity contribution in [1.82, 2.24) is 4.98 Å². The minimum absolute atomic E-state index is 0.0199. The van der Waals surface area contributed by atoms with E-state index in [0.29, 0.717) is 10.6 Å². The van der Waals surface area contributed by atoms with Crippen molar-refractivity contribution in [3.63, 3.8) is 0 Å². The highest BCUT2D eigenvalue weighted by molar-refractivity contribution is 8.15. The number of benzene rings is 1. The van der Waals surface area contributed by atoms with Crippen LogP contribution in [0.5, 0.6) is 0 Å². The molecular formula is C20H18ClF2N3O2S. The number of carboxylic acids is 1. The van der Waals surface area contributed by atoms with Crippen molar-refractivity contribution in [2.24, 2.45) is 10.7 Å². The highest BCUT2D eigenvalue weighted by atomic mass is 35.5. The lowest BCUT2D eigenvalue weighted by atomic mass is 9.82. The number of aliphatic imine (C=N–C) groups is 1. The van der Waals surface area contributed by atoms with E-state index >= 15 is 0 Å². The molecule has 2 atom stereocenters. The van der Waals surface area contributed by atoms with Gasteiger partial charge in [0.2, 0.25) is 0 Å². The summed E-state index contributed by atoms with van der Waals surface area (Å²) >= 11 is 6.69. The van der Waals surface area contributed by atoms with E-state index in [2.05, 4.69) is 9.98 Å². The molecule has 2 aromatic rings. The van der Waals surface area contributed by atoms with Crippen LogP contribution in [0.15, 0.2) is 41.5 Å². The lowest BCUT2D eigenvalue weighted by molar-refractivity contribution is -0.140. The minimum Gasteiger partial charge on any atom is -0.480 e. The fourth-order valence-electron chi connectivity index (χ4n) is 3.29. The van der Waals surface area contributed by atoms with E-state index < -0.39 is 27.9 Å². The van der Waals surface area contributed by atoms with Gasteiger partial charge in [-0.25, -0.2) is 8.78 Å². The van der Waals surface area contributed by atoms with Gasteiger partial charge in [0.15, 0.2) is 5.17 Å². The number of aliphatic carboxylic acids is 1. The smallest absolute Gasteiger partial charge is 0.320 e. The Balaban J connectivity index is 2.03. The van der Waals surface area contributed by atoms with Crippen LogP contribution in [0.25, 0.3) is 11.9 Å². The summed E-state index contributed by atoms with van der Waals surface area (Å²) in [5.41, 5.74) is 5.24. The molecule has 3 N–H and O–H groups in total. The molecule has 9 heteroatoms. The van der Waals surface area contributed by atoms with Gasteiger partial charge < -0.3 is 10.8 Å². The van der Waals surface area contributed by atoms with E-state index in [1.807, 2.05) is 0 Å². The van der Waals surface area contributed by atoms with Gasteiger partial charge in [0.1, 0.15) is 16.4 Å². The molecule has 0 radical (unpaired) electrons. The molecule has 5 nitrogen and oxygen atoms in total. The second-order valence-electron chi connectivity index (χ2n) is 7.13. The van der Waals surface area contributed by atoms with Gasteiger partial charge in [0, 0.05) is 18.2 Å². The van der Waals surface area contributed by atoms with Gasteiger partial charge >= 0.3 is 5.97 Å². The average Bonchev–Trinajstić information content (AvgIpc) is 2.62. The minimum atomic E-state index is -1.27. The van der Waals surface area contributed by atoms with E-state index in [4.69, 9.17) is 17.3 Å². The molecule has 3 rings (SSSR count). The largest absolute Gasteiger partial charge is 0.480 e. The van der Waals surface area contributed by atoms with Crippen molar-refractivity contribution in [3.8, 4) is 0 Å². The highest BCUT2D eigenvalue weighted by Crippen LogP contribution is 2.46.